The van der Waals surface area contributed by atoms with E-state index in [9.17, 15) is 9.59 Å². The number of likely N-dealkylation sites (tertiary alicyclic amines) is 1. The Bertz CT molecular complexity index is 697. The third kappa shape index (κ3) is 5.74. The van der Waals surface area contributed by atoms with Crippen LogP contribution in [-0.4, -0.2) is 55.3 Å². The van der Waals surface area contributed by atoms with Crippen LogP contribution in [0, 0.1) is 0 Å². The van der Waals surface area contributed by atoms with Crippen LogP contribution in [0.25, 0.3) is 0 Å². The predicted molar refractivity (Wildman–Crippen MR) is 109 cm³/mol. The molecule has 0 saturated carbocycles. The van der Waals surface area contributed by atoms with Crippen molar-refractivity contribution in [3.05, 3.63) is 40.5 Å². The smallest absolute Gasteiger partial charge is 0.265 e. The number of thioether (sulfide) groups is 1. The maximum Gasteiger partial charge on any atom is 0.265 e. The summed E-state index contributed by atoms with van der Waals surface area (Å²) in [6.45, 7) is 6.53. The average Bonchev–Trinajstić information content (AvgIpc) is 3.19. The number of hydrogen-bond donors (Lipinski definition) is 2. The molecular weight excluding hydrogens is 362 g/mol. The van der Waals surface area contributed by atoms with Crippen LogP contribution >= 0.6 is 11.8 Å². The van der Waals surface area contributed by atoms with Crippen molar-refractivity contribution in [2.24, 2.45) is 0 Å². The fraction of sp³-hybridized carbons (Fsp3) is 0.500. The maximum absolute atomic E-state index is 12.3. The van der Waals surface area contributed by atoms with Gasteiger partial charge in [-0.3, -0.25) is 9.59 Å². The van der Waals surface area contributed by atoms with Crippen LogP contribution in [0.1, 0.15) is 36.5 Å². The first-order valence-electron chi connectivity index (χ1n) is 9.52. The molecule has 0 unspecified atom stereocenters. The first-order chi connectivity index (χ1) is 13.1. The molecule has 7 heteroatoms. The molecule has 0 aliphatic carbocycles. The van der Waals surface area contributed by atoms with Gasteiger partial charge < -0.3 is 20.3 Å². The molecule has 2 N–H and O–H groups in total. The number of ether oxygens (including phenoxy) is 1. The number of nitrogens with one attached hydrogen (secondary N) is 2. The number of rotatable bonds is 7. The van der Waals surface area contributed by atoms with Crippen molar-refractivity contribution >= 4 is 29.3 Å². The molecule has 2 heterocycles. The molecule has 1 aromatic rings. The topological polar surface area (TPSA) is 70.7 Å². The maximum atomic E-state index is 12.3. The number of hydrogen-bond acceptors (Lipinski definition) is 5. The lowest BCUT2D eigenvalue weighted by Gasteiger charge is -2.17. The van der Waals surface area contributed by atoms with Crippen LogP contribution in [0.3, 0.4) is 0 Å². The van der Waals surface area contributed by atoms with Crippen LogP contribution in [0.15, 0.2) is 34.9 Å². The van der Waals surface area contributed by atoms with E-state index in [0.717, 1.165) is 18.7 Å². The van der Waals surface area contributed by atoms with Gasteiger partial charge in [-0.1, -0.05) is 0 Å². The second-order valence-corrected chi connectivity index (χ2v) is 7.88. The van der Waals surface area contributed by atoms with Gasteiger partial charge in [0.05, 0.1) is 6.61 Å². The Kier molecular flexibility index (Phi) is 7.18. The lowest BCUT2D eigenvalue weighted by Crippen LogP contribution is -2.28. The molecule has 3 rings (SSSR count). The molecular formula is C20H27N3O3S. The molecule has 1 aromatic carbocycles. The third-order valence-corrected chi connectivity index (χ3v) is 5.85. The van der Waals surface area contributed by atoms with E-state index in [1.54, 1.807) is 31.2 Å². The Morgan fingerprint density at radius 1 is 1.15 bits per heavy atom. The summed E-state index contributed by atoms with van der Waals surface area (Å²) in [7, 11) is 0. The van der Waals surface area contributed by atoms with Gasteiger partial charge in [-0.2, -0.15) is 0 Å². The van der Waals surface area contributed by atoms with Gasteiger partial charge in [0.15, 0.2) is 0 Å². The Hall–Kier alpha value is -1.99. The van der Waals surface area contributed by atoms with Crippen molar-refractivity contribution in [1.29, 1.82) is 0 Å². The third-order valence-electron chi connectivity index (χ3n) is 4.71. The number of anilines is 1. The molecule has 0 aromatic heterocycles. The Morgan fingerprint density at radius 3 is 2.59 bits per heavy atom. The zero-order valence-electron chi connectivity index (χ0n) is 15.8. The van der Waals surface area contributed by atoms with Crippen LogP contribution in [-0.2, 0) is 9.53 Å². The lowest BCUT2D eigenvalue weighted by molar-refractivity contribution is -0.112. The highest BCUT2D eigenvalue weighted by Gasteiger charge is 2.19. The van der Waals surface area contributed by atoms with Crippen LogP contribution < -0.4 is 10.6 Å². The molecule has 1 saturated heterocycles. The van der Waals surface area contributed by atoms with Gasteiger partial charge in [0, 0.05) is 23.5 Å². The second-order valence-electron chi connectivity index (χ2n) is 6.77. The van der Waals surface area contributed by atoms with E-state index >= 15 is 0 Å². The van der Waals surface area contributed by atoms with Crippen molar-refractivity contribution in [2.75, 3.05) is 43.9 Å². The van der Waals surface area contributed by atoms with Crippen molar-refractivity contribution in [3.63, 3.8) is 0 Å². The molecule has 0 spiro atoms. The quantitative estimate of drug-likeness (QED) is 0.702. The van der Waals surface area contributed by atoms with E-state index in [4.69, 9.17) is 4.74 Å². The minimum Gasteiger partial charge on any atom is -0.496 e. The SMILES string of the molecule is CC1=C(C(=O)Nc2ccc(C(=O)NCCCN3CCCC3)cc2)SCCO1. The second kappa shape index (κ2) is 9.80. The van der Waals surface area contributed by atoms with Gasteiger partial charge in [-0.25, -0.2) is 0 Å². The highest BCUT2D eigenvalue weighted by molar-refractivity contribution is 8.04. The summed E-state index contributed by atoms with van der Waals surface area (Å²) in [5.74, 6) is 1.19. The van der Waals surface area contributed by atoms with Crippen LogP contribution in [0.4, 0.5) is 5.69 Å². The van der Waals surface area contributed by atoms with Crippen molar-refractivity contribution in [1.82, 2.24) is 10.2 Å². The molecule has 0 atom stereocenters. The Labute approximate surface area is 164 Å². The highest BCUT2D eigenvalue weighted by Crippen LogP contribution is 2.26. The van der Waals surface area contributed by atoms with E-state index in [2.05, 4.69) is 15.5 Å². The van der Waals surface area contributed by atoms with Gasteiger partial charge >= 0.3 is 0 Å². The summed E-state index contributed by atoms with van der Waals surface area (Å²) in [4.78, 5) is 27.6. The summed E-state index contributed by atoms with van der Waals surface area (Å²) in [6.07, 6.45) is 3.55. The van der Waals surface area contributed by atoms with E-state index in [1.807, 2.05) is 0 Å². The number of carbonyl (C=O) groups excluding carboxylic acids is 2. The van der Waals surface area contributed by atoms with E-state index in [0.29, 0.717) is 35.1 Å². The fourth-order valence-electron chi connectivity index (χ4n) is 3.24. The number of allylic oxidation sites excluding steroid dienone is 1. The number of amides is 2. The number of nitrogens with zero attached hydrogens (tertiary/aromatic N) is 1. The van der Waals surface area contributed by atoms with Gasteiger partial charge in [0.1, 0.15) is 10.7 Å². The molecule has 2 aliphatic heterocycles. The van der Waals surface area contributed by atoms with E-state index < -0.39 is 0 Å². The molecule has 0 radical (unpaired) electrons. The monoisotopic (exact) mass is 389 g/mol. The van der Waals surface area contributed by atoms with Gasteiger partial charge in [0.25, 0.3) is 11.8 Å². The van der Waals surface area contributed by atoms with Gasteiger partial charge in [0.2, 0.25) is 0 Å². The zero-order valence-corrected chi connectivity index (χ0v) is 16.6. The minimum absolute atomic E-state index is 0.0795. The predicted octanol–water partition coefficient (Wildman–Crippen LogP) is 2.84. The number of carbonyl (C=O) groups is 2. The fourth-order valence-corrected chi connectivity index (χ4v) is 4.05. The molecule has 27 heavy (non-hydrogen) atoms. The Balaban J connectivity index is 1.44. The first kappa shape index (κ1) is 19.8. The Morgan fingerprint density at radius 2 is 1.89 bits per heavy atom. The lowest BCUT2D eigenvalue weighted by atomic mass is 10.2. The summed E-state index contributed by atoms with van der Waals surface area (Å²) in [5, 5.41) is 5.82. The van der Waals surface area contributed by atoms with Crippen LogP contribution in [0.2, 0.25) is 0 Å². The summed E-state index contributed by atoms with van der Waals surface area (Å²) in [6, 6.07) is 6.97. The molecule has 6 nitrogen and oxygen atoms in total. The van der Waals surface area contributed by atoms with E-state index in [-0.39, 0.29) is 11.8 Å². The average molecular weight is 390 g/mol. The molecule has 0 bridgehead atoms. The molecule has 146 valence electrons. The first-order valence-corrected chi connectivity index (χ1v) is 10.5. The summed E-state index contributed by atoms with van der Waals surface area (Å²) >= 11 is 1.50. The summed E-state index contributed by atoms with van der Waals surface area (Å²) < 4.78 is 5.42. The van der Waals surface area contributed by atoms with E-state index in [1.165, 1.54) is 37.7 Å². The van der Waals surface area contributed by atoms with Crippen molar-refractivity contribution in [2.45, 2.75) is 26.2 Å². The molecule has 2 aliphatic rings. The minimum atomic E-state index is -0.170. The standard InChI is InChI=1S/C20H27N3O3S/c1-15-18(27-14-13-26-15)20(25)22-17-7-5-16(6-8-17)19(24)21-9-4-12-23-10-2-3-11-23/h5-8H,2-4,9-14H2,1H3,(H,21,24)(H,22,25). The van der Waals surface area contributed by atoms with Crippen molar-refractivity contribution in [3.8, 4) is 0 Å². The molecule has 2 amide bonds. The highest BCUT2D eigenvalue weighted by atomic mass is 32.2. The zero-order chi connectivity index (χ0) is 19.1. The largest absolute Gasteiger partial charge is 0.496 e. The molecule has 1 fully saturated rings. The van der Waals surface area contributed by atoms with Gasteiger partial charge in [-0.05, 0) is 70.1 Å². The van der Waals surface area contributed by atoms with Crippen molar-refractivity contribution < 1.29 is 14.3 Å². The van der Waals surface area contributed by atoms with Gasteiger partial charge in [-0.15, -0.1) is 11.8 Å². The van der Waals surface area contributed by atoms with Crippen LogP contribution in [0.5, 0.6) is 0 Å². The number of benzene rings is 1. The normalized spacial score (nSPS) is 17.5. The summed E-state index contributed by atoms with van der Waals surface area (Å²) in [5.41, 5.74) is 1.26.